The number of hydrogen-bond acceptors (Lipinski definition) is 2. The Morgan fingerprint density at radius 3 is 2.10 bits per heavy atom. The van der Waals surface area contributed by atoms with E-state index in [0.29, 0.717) is 0 Å². The summed E-state index contributed by atoms with van der Waals surface area (Å²) in [5, 5.41) is 3.90. The van der Waals surface area contributed by atoms with Gasteiger partial charge in [-0.2, -0.15) is 0 Å². The van der Waals surface area contributed by atoms with Crippen LogP contribution < -0.4 is 5.32 Å². The van der Waals surface area contributed by atoms with Gasteiger partial charge in [0.25, 0.3) is 0 Å². The van der Waals surface area contributed by atoms with E-state index < -0.39 is 0 Å². The van der Waals surface area contributed by atoms with E-state index in [2.05, 4.69) is 24.1 Å². The summed E-state index contributed by atoms with van der Waals surface area (Å²) in [6.45, 7) is 7.14. The molecule has 0 aromatic heterocycles. The first-order valence-corrected chi connectivity index (χ1v) is 9.86. The summed E-state index contributed by atoms with van der Waals surface area (Å²) < 4.78 is 0. The van der Waals surface area contributed by atoms with Crippen molar-refractivity contribution in [1.29, 1.82) is 0 Å². The molecule has 0 spiro atoms. The number of nitrogens with zero attached hydrogens (tertiary/aromatic N) is 1. The molecule has 0 amide bonds. The molecule has 2 unspecified atom stereocenters. The van der Waals surface area contributed by atoms with Crippen molar-refractivity contribution >= 4 is 0 Å². The summed E-state index contributed by atoms with van der Waals surface area (Å²) >= 11 is 0. The van der Waals surface area contributed by atoms with Gasteiger partial charge in [0.2, 0.25) is 0 Å². The minimum Gasteiger partial charge on any atom is -0.312 e. The van der Waals surface area contributed by atoms with Crippen LogP contribution in [0, 0.1) is 0 Å². The SMILES string of the molecule is CCCNC1CCCCCCC1N(CC)C1CCCCC1. The van der Waals surface area contributed by atoms with Gasteiger partial charge in [0, 0.05) is 18.1 Å². The summed E-state index contributed by atoms with van der Waals surface area (Å²) in [6.07, 6.45) is 17.1. The molecule has 0 aromatic carbocycles. The van der Waals surface area contributed by atoms with Crippen molar-refractivity contribution in [2.45, 2.75) is 109 Å². The van der Waals surface area contributed by atoms with Gasteiger partial charge in [0.1, 0.15) is 0 Å². The molecule has 2 aliphatic rings. The molecule has 2 nitrogen and oxygen atoms in total. The van der Waals surface area contributed by atoms with Crippen LogP contribution in [-0.4, -0.2) is 36.1 Å². The Morgan fingerprint density at radius 1 is 0.810 bits per heavy atom. The second-order valence-electron chi connectivity index (χ2n) is 7.24. The largest absolute Gasteiger partial charge is 0.312 e. The Labute approximate surface area is 133 Å². The van der Waals surface area contributed by atoms with E-state index in [9.17, 15) is 0 Å². The molecule has 124 valence electrons. The van der Waals surface area contributed by atoms with Crippen LogP contribution in [0.25, 0.3) is 0 Å². The molecule has 0 radical (unpaired) electrons. The van der Waals surface area contributed by atoms with Gasteiger partial charge in [-0.1, -0.05) is 58.8 Å². The minimum absolute atomic E-state index is 0.743. The third-order valence-corrected chi connectivity index (χ3v) is 5.72. The van der Waals surface area contributed by atoms with Gasteiger partial charge in [0.15, 0.2) is 0 Å². The van der Waals surface area contributed by atoms with E-state index in [1.807, 2.05) is 0 Å². The maximum Gasteiger partial charge on any atom is 0.0252 e. The van der Waals surface area contributed by atoms with Crippen LogP contribution in [-0.2, 0) is 0 Å². The van der Waals surface area contributed by atoms with Crippen LogP contribution in [0.15, 0.2) is 0 Å². The highest BCUT2D eigenvalue weighted by molar-refractivity contribution is 4.89. The highest BCUT2D eigenvalue weighted by Crippen LogP contribution is 2.29. The molecule has 0 heterocycles. The first kappa shape index (κ1) is 17.3. The number of rotatable bonds is 6. The number of nitrogens with one attached hydrogen (secondary N) is 1. The molecule has 0 aromatic rings. The lowest BCUT2D eigenvalue weighted by Gasteiger charge is -2.44. The van der Waals surface area contributed by atoms with E-state index in [0.717, 1.165) is 18.1 Å². The predicted molar refractivity (Wildman–Crippen MR) is 92.8 cm³/mol. The molecule has 0 bridgehead atoms. The lowest BCUT2D eigenvalue weighted by molar-refractivity contribution is 0.0725. The maximum atomic E-state index is 3.90. The van der Waals surface area contributed by atoms with Gasteiger partial charge >= 0.3 is 0 Å². The van der Waals surface area contributed by atoms with Crippen LogP contribution in [0.4, 0.5) is 0 Å². The van der Waals surface area contributed by atoms with Crippen molar-refractivity contribution in [3.05, 3.63) is 0 Å². The molecule has 2 atom stereocenters. The highest BCUT2D eigenvalue weighted by Gasteiger charge is 2.31. The van der Waals surface area contributed by atoms with Crippen molar-refractivity contribution in [2.24, 2.45) is 0 Å². The molecule has 2 fully saturated rings. The van der Waals surface area contributed by atoms with E-state index in [4.69, 9.17) is 0 Å². The Hall–Kier alpha value is -0.0800. The Kier molecular flexibility index (Phi) is 8.10. The third-order valence-electron chi connectivity index (χ3n) is 5.72. The summed E-state index contributed by atoms with van der Waals surface area (Å²) in [5.41, 5.74) is 0. The first-order chi connectivity index (χ1) is 10.4. The van der Waals surface area contributed by atoms with Gasteiger partial charge in [-0.05, 0) is 45.2 Å². The number of likely N-dealkylation sites (N-methyl/N-ethyl adjacent to an activating group) is 1. The van der Waals surface area contributed by atoms with Crippen molar-refractivity contribution in [3.63, 3.8) is 0 Å². The molecule has 2 saturated carbocycles. The molecule has 2 rings (SSSR count). The van der Waals surface area contributed by atoms with Crippen LogP contribution in [0.5, 0.6) is 0 Å². The standard InChI is InChI=1S/C19H38N2/c1-3-16-20-18-14-10-5-6-11-15-19(18)21(4-2)17-12-8-7-9-13-17/h17-20H,3-16H2,1-2H3. The average molecular weight is 295 g/mol. The van der Waals surface area contributed by atoms with E-state index >= 15 is 0 Å². The fourth-order valence-corrected chi connectivity index (χ4v) is 4.61. The lowest BCUT2D eigenvalue weighted by atomic mass is 9.87. The molecule has 1 N–H and O–H groups in total. The Bertz CT molecular complexity index is 258. The topological polar surface area (TPSA) is 15.3 Å². The van der Waals surface area contributed by atoms with Gasteiger partial charge < -0.3 is 5.32 Å². The molecule has 0 aliphatic heterocycles. The molecule has 2 aliphatic carbocycles. The van der Waals surface area contributed by atoms with Crippen LogP contribution in [0.1, 0.15) is 90.9 Å². The van der Waals surface area contributed by atoms with Crippen molar-refractivity contribution in [2.75, 3.05) is 13.1 Å². The monoisotopic (exact) mass is 294 g/mol. The summed E-state index contributed by atoms with van der Waals surface area (Å²) in [6, 6.07) is 2.41. The van der Waals surface area contributed by atoms with Gasteiger partial charge in [-0.25, -0.2) is 0 Å². The van der Waals surface area contributed by atoms with E-state index in [1.54, 1.807) is 0 Å². The summed E-state index contributed by atoms with van der Waals surface area (Å²) in [5.74, 6) is 0. The van der Waals surface area contributed by atoms with Gasteiger partial charge in [-0.3, -0.25) is 4.90 Å². The molecule has 2 heteroatoms. The van der Waals surface area contributed by atoms with Crippen LogP contribution in [0.3, 0.4) is 0 Å². The van der Waals surface area contributed by atoms with Crippen molar-refractivity contribution < 1.29 is 0 Å². The summed E-state index contributed by atoms with van der Waals surface area (Å²) in [7, 11) is 0. The molecule has 21 heavy (non-hydrogen) atoms. The van der Waals surface area contributed by atoms with E-state index in [1.165, 1.54) is 90.1 Å². The quantitative estimate of drug-likeness (QED) is 0.761. The zero-order chi connectivity index (χ0) is 14.9. The second kappa shape index (κ2) is 9.84. The lowest BCUT2D eigenvalue weighted by Crippen LogP contribution is -2.54. The fourth-order valence-electron chi connectivity index (χ4n) is 4.61. The summed E-state index contributed by atoms with van der Waals surface area (Å²) in [4.78, 5) is 2.90. The third kappa shape index (κ3) is 5.25. The zero-order valence-corrected chi connectivity index (χ0v) is 14.6. The Morgan fingerprint density at radius 2 is 1.43 bits per heavy atom. The number of hydrogen-bond donors (Lipinski definition) is 1. The Balaban J connectivity index is 2.03. The fraction of sp³-hybridized carbons (Fsp3) is 1.00. The van der Waals surface area contributed by atoms with Gasteiger partial charge in [0.05, 0.1) is 0 Å². The highest BCUT2D eigenvalue weighted by atomic mass is 15.2. The van der Waals surface area contributed by atoms with Crippen molar-refractivity contribution in [1.82, 2.24) is 10.2 Å². The molecule has 0 saturated heterocycles. The smallest absolute Gasteiger partial charge is 0.0252 e. The van der Waals surface area contributed by atoms with Gasteiger partial charge in [-0.15, -0.1) is 0 Å². The zero-order valence-electron chi connectivity index (χ0n) is 14.6. The maximum absolute atomic E-state index is 3.90. The minimum atomic E-state index is 0.743. The molecular formula is C19H38N2. The van der Waals surface area contributed by atoms with E-state index in [-0.39, 0.29) is 0 Å². The molecular weight excluding hydrogens is 256 g/mol. The predicted octanol–water partition coefficient (Wildman–Crippen LogP) is 4.73. The van der Waals surface area contributed by atoms with Crippen LogP contribution >= 0.6 is 0 Å². The first-order valence-electron chi connectivity index (χ1n) is 9.86. The second-order valence-corrected chi connectivity index (χ2v) is 7.24. The van der Waals surface area contributed by atoms with Crippen molar-refractivity contribution in [3.8, 4) is 0 Å². The average Bonchev–Trinajstić information content (AvgIpc) is 2.50. The van der Waals surface area contributed by atoms with Crippen LogP contribution in [0.2, 0.25) is 0 Å². The normalized spacial score (nSPS) is 29.3.